The summed E-state index contributed by atoms with van der Waals surface area (Å²) in [6, 6.07) is 0.365. The summed E-state index contributed by atoms with van der Waals surface area (Å²) in [4.78, 5) is 39.2. The molecule has 1 amide bonds. The van der Waals surface area contributed by atoms with Crippen molar-refractivity contribution in [3.8, 4) is 11.1 Å². The summed E-state index contributed by atoms with van der Waals surface area (Å²) in [5.74, 6) is -0.275. The van der Waals surface area contributed by atoms with Crippen LogP contribution in [0.25, 0.3) is 11.1 Å². The molecule has 0 bridgehead atoms. The molecule has 4 heterocycles. The first kappa shape index (κ1) is 36.9. The van der Waals surface area contributed by atoms with E-state index in [9.17, 15) is 35.9 Å². The average molecular weight is 712 g/mol. The fraction of sp³-hybridized carbons (Fsp3) is 0.545. The maximum absolute atomic E-state index is 13.8. The Balaban J connectivity index is 1.44. The molecule has 2 saturated heterocycles. The van der Waals surface area contributed by atoms with Crippen molar-refractivity contribution in [3.63, 3.8) is 0 Å². The normalized spacial score (nSPS) is 20.4. The van der Waals surface area contributed by atoms with Gasteiger partial charge in [0.1, 0.15) is 6.10 Å². The minimum atomic E-state index is -5.01. The number of anilines is 1. The third kappa shape index (κ3) is 8.47. The molecule has 272 valence electrons. The number of aromatic nitrogens is 4. The van der Waals surface area contributed by atoms with Crippen LogP contribution in [0.1, 0.15) is 56.2 Å². The smallest absolute Gasteiger partial charge is 0.416 e. The highest BCUT2D eigenvalue weighted by atomic mass is 19.4. The highest BCUT2D eigenvalue weighted by Gasteiger charge is 2.43. The molecule has 0 aliphatic carbocycles. The van der Waals surface area contributed by atoms with Crippen molar-refractivity contribution in [2.24, 2.45) is 7.05 Å². The van der Waals surface area contributed by atoms with Gasteiger partial charge in [0.2, 0.25) is 5.95 Å². The highest BCUT2D eigenvalue weighted by molar-refractivity contribution is 5.72. The number of carbonyl (C=O) groups excluding carboxylic acids is 2. The lowest BCUT2D eigenvalue weighted by Crippen LogP contribution is -2.60. The summed E-state index contributed by atoms with van der Waals surface area (Å²) < 4.78 is 94.9. The molecular weight excluding hydrogens is 672 g/mol. The molecule has 50 heavy (non-hydrogen) atoms. The number of aryl methyl sites for hydroxylation is 1. The van der Waals surface area contributed by atoms with E-state index < -0.39 is 47.7 Å². The molecule has 1 aromatic carbocycles. The van der Waals surface area contributed by atoms with Gasteiger partial charge in [-0.15, -0.1) is 0 Å². The van der Waals surface area contributed by atoms with E-state index in [0.717, 1.165) is 17.7 Å². The van der Waals surface area contributed by atoms with Crippen LogP contribution >= 0.6 is 0 Å². The van der Waals surface area contributed by atoms with Crippen LogP contribution in [-0.2, 0) is 40.2 Å². The van der Waals surface area contributed by atoms with Crippen molar-refractivity contribution in [3.05, 3.63) is 59.7 Å². The number of methoxy groups -OCH3 is 1. The molecule has 0 spiro atoms. The van der Waals surface area contributed by atoms with Gasteiger partial charge in [0, 0.05) is 74.5 Å². The molecule has 3 aromatic rings. The van der Waals surface area contributed by atoms with Crippen LogP contribution in [-0.4, -0.2) is 92.6 Å². The SMILES string of the molecule is CC[C@@H]1CC(N(Cc2cc(C(F)(F)F)cc(C(F)(F)F)c2)c2ncc(-c3cnn(C)c3)cn2)C[C@H](CC)N1C(=O)OC1CN(CC(=O)OC)C1. The monoisotopic (exact) mass is 711 g/mol. The van der Waals surface area contributed by atoms with Crippen molar-refractivity contribution in [1.82, 2.24) is 29.5 Å². The Morgan fingerprint density at radius 3 is 1.96 bits per heavy atom. The molecule has 0 saturated carbocycles. The van der Waals surface area contributed by atoms with Crippen LogP contribution in [0.3, 0.4) is 0 Å². The molecule has 11 nitrogen and oxygen atoms in total. The topological polar surface area (TPSA) is 106 Å². The Labute approximate surface area is 285 Å². The molecule has 5 rings (SSSR count). The second kappa shape index (κ2) is 14.8. The van der Waals surface area contributed by atoms with E-state index in [1.165, 1.54) is 19.5 Å². The number of likely N-dealkylation sites (tertiary alicyclic amines) is 2. The highest BCUT2D eigenvalue weighted by Crippen LogP contribution is 2.38. The molecule has 17 heteroatoms. The lowest BCUT2D eigenvalue weighted by atomic mass is 9.87. The van der Waals surface area contributed by atoms with Crippen molar-refractivity contribution >= 4 is 18.0 Å². The summed E-state index contributed by atoms with van der Waals surface area (Å²) in [5.41, 5.74) is -1.69. The van der Waals surface area contributed by atoms with Gasteiger partial charge >= 0.3 is 24.4 Å². The van der Waals surface area contributed by atoms with Gasteiger partial charge in [-0.05, 0) is 49.4 Å². The number of hydrogen-bond acceptors (Lipinski definition) is 9. The first-order chi connectivity index (χ1) is 23.6. The van der Waals surface area contributed by atoms with Crippen LogP contribution in [0.5, 0.6) is 0 Å². The minimum Gasteiger partial charge on any atom is -0.468 e. The number of ether oxygens (including phenoxy) is 2. The third-order valence-corrected chi connectivity index (χ3v) is 9.17. The molecule has 2 fully saturated rings. The zero-order valence-electron chi connectivity index (χ0n) is 28.0. The van der Waals surface area contributed by atoms with Gasteiger partial charge in [-0.25, -0.2) is 14.8 Å². The van der Waals surface area contributed by atoms with Crippen molar-refractivity contribution in [2.75, 3.05) is 31.6 Å². The standard InChI is InChI=1S/C33H39F6N7O4/c1-5-25-10-27(11-26(6-2)46(25)31(48)50-28-17-44(18-28)19-29(47)49-4)45(30-40-12-21(13-41-30)22-14-42-43(3)16-22)15-20-7-23(32(34,35)36)9-24(8-20)33(37,38)39/h7-9,12-14,16,25-28H,5-6,10-11,15,17-19H2,1-4H3/t25-,26+,27?. The Morgan fingerprint density at radius 2 is 1.48 bits per heavy atom. The molecular formula is C33H39F6N7O4. The average Bonchev–Trinajstić information content (AvgIpc) is 3.50. The van der Waals surface area contributed by atoms with Gasteiger partial charge in [0.25, 0.3) is 0 Å². The number of alkyl halides is 6. The number of nitrogens with zero attached hydrogens (tertiary/aromatic N) is 7. The number of hydrogen-bond donors (Lipinski definition) is 0. The van der Waals surface area contributed by atoms with Gasteiger partial charge in [0.15, 0.2) is 0 Å². The van der Waals surface area contributed by atoms with E-state index in [1.807, 2.05) is 13.8 Å². The Bertz CT molecular complexity index is 1600. The maximum Gasteiger partial charge on any atom is 0.416 e. The molecule has 2 aliphatic heterocycles. The molecule has 2 aromatic heterocycles. The van der Waals surface area contributed by atoms with E-state index in [1.54, 1.807) is 38.8 Å². The van der Waals surface area contributed by atoms with E-state index in [0.29, 0.717) is 44.3 Å². The van der Waals surface area contributed by atoms with Gasteiger partial charge in [-0.3, -0.25) is 14.4 Å². The Kier molecular flexibility index (Phi) is 10.9. The first-order valence-corrected chi connectivity index (χ1v) is 16.2. The van der Waals surface area contributed by atoms with Crippen LogP contribution in [0, 0.1) is 0 Å². The quantitative estimate of drug-likeness (QED) is 0.187. The van der Waals surface area contributed by atoms with Gasteiger partial charge in [-0.1, -0.05) is 13.8 Å². The fourth-order valence-electron chi connectivity index (χ4n) is 6.56. The largest absolute Gasteiger partial charge is 0.468 e. The van der Waals surface area contributed by atoms with E-state index in [2.05, 4.69) is 19.8 Å². The lowest BCUT2D eigenvalue weighted by molar-refractivity contribution is -0.145. The summed E-state index contributed by atoms with van der Waals surface area (Å²) in [7, 11) is 3.04. The van der Waals surface area contributed by atoms with Crippen LogP contribution < -0.4 is 4.90 Å². The molecule has 3 atom stereocenters. The molecule has 0 N–H and O–H groups in total. The minimum absolute atomic E-state index is 0.0859. The Morgan fingerprint density at radius 1 is 0.900 bits per heavy atom. The van der Waals surface area contributed by atoms with Crippen LogP contribution in [0.4, 0.5) is 37.1 Å². The predicted octanol–water partition coefficient (Wildman–Crippen LogP) is 5.94. The molecule has 0 radical (unpaired) electrons. The van der Waals surface area contributed by atoms with Crippen molar-refractivity contribution < 1.29 is 45.4 Å². The number of carbonyl (C=O) groups is 2. The number of piperidine rings is 1. The van der Waals surface area contributed by atoms with Crippen LogP contribution in [0.15, 0.2) is 43.0 Å². The second-order valence-corrected chi connectivity index (χ2v) is 12.6. The van der Waals surface area contributed by atoms with Crippen molar-refractivity contribution in [2.45, 2.75) is 82.7 Å². The third-order valence-electron chi connectivity index (χ3n) is 9.17. The summed E-state index contributed by atoms with van der Waals surface area (Å²) in [6.45, 7) is 4.28. The zero-order chi connectivity index (χ0) is 36.4. The van der Waals surface area contributed by atoms with E-state index in [-0.39, 0.29) is 42.8 Å². The molecule has 1 unspecified atom stereocenters. The van der Waals surface area contributed by atoms with Gasteiger partial charge < -0.3 is 19.3 Å². The fourth-order valence-corrected chi connectivity index (χ4v) is 6.56. The van der Waals surface area contributed by atoms with Crippen molar-refractivity contribution in [1.29, 1.82) is 0 Å². The Hall–Kier alpha value is -4.41. The lowest BCUT2D eigenvalue weighted by Gasteiger charge is -2.48. The van der Waals surface area contributed by atoms with E-state index >= 15 is 0 Å². The predicted molar refractivity (Wildman–Crippen MR) is 169 cm³/mol. The van der Waals surface area contributed by atoms with Gasteiger partial charge in [0.05, 0.1) is 31.0 Å². The number of amides is 1. The maximum atomic E-state index is 13.8. The van der Waals surface area contributed by atoms with Gasteiger partial charge in [-0.2, -0.15) is 31.4 Å². The number of halogens is 6. The summed E-state index contributed by atoms with van der Waals surface area (Å²) >= 11 is 0. The summed E-state index contributed by atoms with van der Waals surface area (Å²) in [5, 5.41) is 4.14. The van der Waals surface area contributed by atoms with E-state index in [4.69, 9.17) is 4.74 Å². The summed E-state index contributed by atoms with van der Waals surface area (Å²) in [6.07, 6.45) is -2.82. The number of rotatable bonds is 10. The number of benzene rings is 1. The number of esters is 1. The zero-order valence-corrected chi connectivity index (χ0v) is 28.0. The first-order valence-electron chi connectivity index (χ1n) is 16.2. The molecule has 2 aliphatic rings. The van der Waals surface area contributed by atoms with Crippen LogP contribution in [0.2, 0.25) is 0 Å². The second-order valence-electron chi connectivity index (χ2n) is 12.6.